The Morgan fingerprint density at radius 2 is 1.83 bits per heavy atom. The van der Waals surface area contributed by atoms with E-state index in [0.29, 0.717) is 12.3 Å². The van der Waals surface area contributed by atoms with Gasteiger partial charge in [0.05, 0.1) is 0 Å². The van der Waals surface area contributed by atoms with Crippen LogP contribution in [0.4, 0.5) is 5.69 Å². The summed E-state index contributed by atoms with van der Waals surface area (Å²) in [6, 6.07) is 10.5. The van der Waals surface area contributed by atoms with Crippen LogP contribution in [0.2, 0.25) is 0 Å². The van der Waals surface area contributed by atoms with Gasteiger partial charge in [-0.15, -0.1) is 0 Å². The zero-order valence-electron chi connectivity index (χ0n) is 14.9. The van der Waals surface area contributed by atoms with E-state index in [1.807, 2.05) is 12.3 Å². The Labute approximate surface area is 145 Å². The quantitative estimate of drug-likeness (QED) is 0.589. The van der Waals surface area contributed by atoms with E-state index in [9.17, 15) is 4.79 Å². The van der Waals surface area contributed by atoms with E-state index in [2.05, 4.69) is 58.4 Å². The number of carbonyl (C=O) groups is 1. The maximum Gasteiger partial charge on any atom is 0.241 e. The van der Waals surface area contributed by atoms with E-state index in [-0.39, 0.29) is 5.91 Å². The number of carbonyl (C=O) groups excluding carboxylic acids is 1. The van der Waals surface area contributed by atoms with Gasteiger partial charge in [0.25, 0.3) is 0 Å². The van der Waals surface area contributed by atoms with Gasteiger partial charge >= 0.3 is 0 Å². The van der Waals surface area contributed by atoms with Crippen LogP contribution >= 0.6 is 0 Å². The highest BCUT2D eigenvalue weighted by atomic mass is 16.2. The molecule has 1 saturated heterocycles. The third kappa shape index (κ3) is 5.96. The second-order valence-corrected chi connectivity index (χ2v) is 6.30. The Balaban J connectivity index is 1.64. The molecule has 1 fully saturated rings. The van der Waals surface area contributed by atoms with E-state index in [0.717, 1.165) is 45.6 Å². The summed E-state index contributed by atoms with van der Waals surface area (Å²) in [6.45, 7) is 9.10. The van der Waals surface area contributed by atoms with Crippen LogP contribution in [0.5, 0.6) is 0 Å². The lowest BCUT2D eigenvalue weighted by molar-refractivity contribution is -0.121. The van der Waals surface area contributed by atoms with Crippen LogP contribution in [-0.4, -0.2) is 49.7 Å². The molecule has 1 aliphatic rings. The van der Waals surface area contributed by atoms with Gasteiger partial charge in [-0.25, -0.2) is 5.43 Å². The molecular formula is C19H30N4O. The average Bonchev–Trinajstić information content (AvgIpc) is 2.65. The summed E-state index contributed by atoms with van der Waals surface area (Å²) < 4.78 is 0. The van der Waals surface area contributed by atoms with Crippen LogP contribution in [0.15, 0.2) is 35.4 Å². The van der Waals surface area contributed by atoms with Crippen LogP contribution in [0.25, 0.3) is 0 Å². The van der Waals surface area contributed by atoms with Crippen molar-refractivity contribution >= 4 is 17.8 Å². The molecule has 5 nitrogen and oxygen atoms in total. The van der Waals surface area contributed by atoms with Crippen LogP contribution in [0.1, 0.15) is 33.1 Å². The number of para-hydroxylation sites is 1. The molecule has 0 saturated carbocycles. The second-order valence-electron chi connectivity index (χ2n) is 6.30. The second kappa shape index (κ2) is 10.1. The van der Waals surface area contributed by atoms with Crippen molar-refractivity contribution in [3.8, 4) is 0 Å². The topological polar surface area (TPSA) is 47.9 Å². The Bertz CT molecular complexity index is 505. The number of piperazine rings is 1. The molecule has 1 N–H and O–H groups in total. The van der Waals surface area contributed by atoms with Crippen molar-refractivity contribution in [2.45, 2.75) is 33.1 Å². The molecule has 0 atom stereocenters. The van der Waals surface area contributed by atoms with Gasteiger partial charge in [-0.3, -0.25) is 9.69 Å². The number of nitrogens with one attached hydrogen (secondary N) is 1. The normalized spacial score (nSPS) is 16.0. The molecule has 5 heteroatoms. The zero-order valence-corrected chi connectivity index (χ0v) is 14.9. The van der Waals surface area contributed by atoms with Crippen molar-refractivity contribution in [3.05, 3.63) is 30.3 Å². The predicted molar refractivity (Wildman–Crippen MR) is 100 cm³/mol. The Hall–Kier alpha value is -1.88. The lowest BCUT2D eigenvalue weighted by atomic mass is 10.1. The van der Waals surface area contributed by atoms with Crippen LogP contribution in [0, 0.1) is 5.92 Å². The summed E-state index contributed by atoms with van der Waals surface area (Å²) in [5.74, 6) is 0.457. The molecule has 0 bridgehead atoms. The molecule has 1 aliphatic heterocycles. The molecule has 1 aromatic rings. The van der Waals surface area contributed by atoms with Gasteiger partial charge in [-0.2, -0.15) is 5.10 Å². The van der Waals surface area contributed by atoms with Gasteiger partial charge in [-0.1, -0.05) is 32.0 Å². The highest BCUT2D eigenvalue weighted by Gasteiger charge is 2.17. The highest BCUT2D eigenvalue weighted by molar-refractivity contribution is 5.77. The van der Waals surface area contributed by atoms with Crippen molar-refractivity contribution in [2.75, 3.05) is 37.6 Å². The summed E-state index contributed by atoms with van der Waals surface area (Å²) >= 11 is 0. The first-order valence-corrected chi connectivity index (χ1v) is 9.07. The Kier molecular flexibility index (Phi) is 7.75. The lowest BCUT2D eigenvalue weighted by Crippen LogP contribution is -2.47. The molecule has 1 aromatic carbocycles. The number of anilines is 1. The third-order valence-corrected chi connectivity index (χ3v) is 4.67. The zero-order chi connectivity index (χ0) is 17.2. The third-order valence-electron chi connectivity index (χ3n) is 4.67. The number of hydrogen-bond donors (Lipinski definition) is 1. The maximum absolute atomic E-state index is 11.9. The molecule has 0 unspecified atom stereocenters. The molecule has 1 amide bonds. The van der Waals surface area contributed by atoms with E-state index in [4.69, 9.17) is 0 Å². The van der Waals surface area contributed by atoms with Gasteiger partial charge in [0.1, 0.15) is 0 Å². The molecule has 0 spiro atoms. The summed E-state index contributed by atoms with van der Waals surface area (Å²) in [4.78, 5) is 16.6. The number of nitrogens with zero attached hydrogens (tertiary/aromatic N) is 3. The predicted octanol–water partition coefficient (Wildman–Crippen LogP) is 2.74. The number of hydrogen-bond acceptors (Lipinski definition) is 4. The highest BCUT2D eigenvalue weighted by Crippen LogP contribution is 2.15. The van der Waals surface area contributed by atoms with Gasteiger partial charge in [0, 0.05) is 51.0 Å². The number of rotatable bonds is 8. The van der Waals surface area contributed by atoms with Crippen molar-refractivity contribution in [1.29, 1.82) is 0 Å². The van der Waals surface area contributed by atoms with Crippen LogP contribution < -0.4 is 10.3 Å². The maximum atomic E-state index is 11.9. The molecule has 24 heavy (non-hydrogen) atoms. The number of amides is 1. The minimum atomic E-state index is 0.00250. The van der Waals surface area contributed by atoms with Crippen LogP contribution in [-0.2, 0) is 4.79 Å². The lowest BCUT2D eigenvalue weighted by Gasteiger charge is -2.36. The van der Waals surface area contributed by atoms with E-state index < -0.39 is 0 Å². The van der Waals surface area contributed by atoms with Gasteiger partial charge in [0.2, 0.25) is 5.91 Å². The Morgan fingerprint density at radius 1 is 1.17 bits per heavy atom. The number of hydrazone groups is 1. The SMILES string of the molecule is CCC(/C=N/NC(=O)CCN1CCN(c2ccccc2)CC1)CC. The summed E-state index contributed by atoms with van der Waals surface area (Å²) in [5, 5.41) is 4.08. The monoisotopic (exact) mass is 330 g/mol. The first-order valence-electron chi connectivity index (χ1n) is 9.07. The van der Waals surface area contributed by atoms with Crippen molar-refractivity contribution in [2.24, 2.45) is 11.0 Å². The fourth-order valence-corrected chi connectivity index (χ4v) is 2.90. The van der Waals surface area contributed by atoms with Gasteiger partial charge in [-0.05, 0) is 30.9 Å². The minimum Gasteiger partial charge on any atom is -0.369 e. The van der Waals surface area contributed by atoms with Crippen LogP contribution in [0.3, 0.4) is 0 Å². The summed E-state index contributed by atoms with van der Waals surface area (Å²) in [5.41, 5.74) is 3.93. The van der Waals surface area contributed by atoms with E-state index in [1.165, 1.54) is 5.69 Å². The fourth-order valence-electron chi connectivity index (χ4n) is 2.90. The van der Waals surface area contributed by atoms with Crippen molar-refractivity contribution in [1.82, 2.24) is 10.3 Å². The summed E-state index contributed by atoms with van der Waals surface area (Å²) in [7, 11) is 0. The standard InChI is InChI=1S/C19H30N4O/c1-3-17(4-2)16-20-21-19(24)10-11-22-12-14-23(15-13-22)18-8-6-5-7-9-18/h5-9,16-17H,3-4,10-15H2,1-2H3,(H,21,24)/b20-16+. The van der Waals surface area contributed by atoms with Crippen molar-refractivity contribution in [3.63, 3.8) is 0 Å². The van der Waals surface area contributed by atoms with Gasteiger partial charge < -0.3 is 4.90 Å². The van der Waals surface area contributed by atoms with E-state index in [1.54, 1.807) is 0 Å². The number of benzene rings is 1. The van der Waals surface area contributed by atoms with Gasteiger partial charge in [0.15, 0.2) is 0 Å². The molecule has 1 heterocycles. The van der Waals surface area contributed by atoms with Crippen molar-refractivity contribution < 1.29 is 4.79 Å². The molecule has 2 rings (SSSR count). The summed E-state index contributed by atoms with van der Waals surface area (Å²) in [6.07, 6.45) is 4.48. The minimum absolute atomic E-state index is 0.00250. The largest absolute Gasteiger partial charge is 0.369 e. The molecule has 132 valence electrons. The first-order chi connectivity index (χ1) is 11.7. The first kappa shape index (κ1) is 18.5. The molecule has 0 aliphatic carbocycles. The van der Waals surface area contributed by atoms with E-state index >= 15 is 0 Å². The Morgan fingerprint density at radius 3 is 2.46 bits per heavy atom. The molecular weight excluding hydrogens is 300 g/mol. The smallest absolute Gasteiger partial charge is 0.241 e. The average molecular weight is 330 g/mol. The fraction of sp³-hybridized carbons (Fsp3) is 0.579. The molecule has 0 aromatic heterocycles. The molecule has 0 radical (unpaired) electrons.